The highest BCUT2D eigenvalue weighted by atomic mass is 16.6. The van der Waals surface area contributed by atoms with Crippen molar-refractivity contribution in [3.05, 3.63) is 112 Å². The van der Waals surface area contributed by atoms with Gasteiger partial charge in [0.25, 0.3) is 5.69 Å². The van der Waals surface area contributed by atoms with Gasteiger partial charge in [-0.25, -0.2) is 0 Å². The number of para-hydroxylation sites is 1. The van der Waals surface area contributed by atoms with Crippen LogP contribution in [0.25, 0.3) is 6.08 Å². The van der Waals surface area contributed by atoms with E-state index < -0.39 is 10.7 Å². The van der Waals surface area contributed by atoms with Crippen LogP contribution in [0.15, 0.2) is 84.9 Å². The molecule has 0 saturated heterocycles. The number of rotatable bonds is 7. The number of hydrogen-bond acceptors (Lipinski definition) is 4. The zero-order valence-corrected chi connectivity index (χ0v) is 14.4. The summed E-state index contributed by atoms with van der Waals surface area (Å²) in [5.41, 5.74) is 1.75. The molecule has 0 spiro atoms. The fourth-order valence-corrected chi connectivity index (χ4v) is 2.52. The molecule has 0 amide bonds. The molecule has 0 heterocycles. The number of nitrogens with zero attached hydrogens (tertiary/aromatic N) is 1. The van der Waals surface area contributed by atoms with Crippen molar-refractivity contribution < 1.29 is 14.5 Å². The topological polar surface area (TPSA) is 69.4 Å². The van der Waals surface area contributed by atoms with Gasteiger partial charge >= 0.3 is 0 Å². The quantitative estimate of drug-likeness (QED) is 0.256. The minimum Gasteiger partial charge on any atom is -0.489 e. The Morgan fingerprint density at radius 2 is 1.59 bits per heavy atom. The smallest absolute Gasteiger partial charge is 0.280 e. The average molecular weight is 359 g/mol. The van der Waals surface area contributed by atoms with Crippen molar-refractivity contribution in [1.29, 1.82) is 0 Å². The normalized spacial score (nSPS) is 10.7. The molecule has 0 N–H and O–H groups in total. The van der Waals surface area contributed by atoms with Gasteiger partial charge in [-0.3, -0.25) is 14.9 Å². The molecule has 27 heavy (non-hydrogen) atoms. The highest BCUT2D eigenvalue weighted by Gasteiger charge is 2.16. The first-order valence-corrected chi connectivity index (χ1v) is 8.36. The molecular weight excluding hydrogens is 342 g/mol. The maximum atomic E-state index is 12.3. The summed E-state index contributed by atoms with van der Waals surface area (Å²) in [5.74, 6) is 0.313. The second-order valence-corrected chi connectivity index (χ2v) is 5.82. The highest BCUT2D eigenvalue weighted by Crippen LogP contribution is 2.20. The maximum Gasteiger partial charge on any atom is 0.280 e. The largest absolute Gasteiger partial charge is 0.489 e. The van der Waals surface area contributed by atoms with E-state index in [2.05, 4.69) is 0 Å². The molecule has 0 aliphatic carbocycles. The molecule has 0 atom stereocenters. The average Bonchev–Trinajstić information content (AvgIpc) is 2.72. The Morgan fingerprint density at radius 1 is 0.926 bits per heavy atom. The zero-order chi connectivity index (χ0) is 19.1. The Balaban J connectivity index is 1.64. The van der Waals surface area contributed by atoms with E-state index in [-0.39, 0.29) is 11.3 Å². The van der Waals surface area contributed by atoms with Gasteiger partial charge < -0.3 is 4.74 Å². The molecule has 0 saturated carbocycles. The van der Waals surface area contributed by atoms with Crippen molar-refractivity contribution in [1.82, 2.24) is 0 Å². The van der Waals surface area contributed by atoms with E-state index in [1.54, 1.807) is 12.1 Å². The Kier molecular flexibility index (Phi) is 5.74. The number of hydrogen-bond donors (Lipinski definition) is 0. The fraction of sp³-hybridized carbons (Fsp3) is 0.0455. The maximum absolute atomic E-state index is 12.3. The van der Waals surface area contributed by atoms with Gasteiger partial charge in [0.2, 0.25) is 0 Å². The van der Waals surface area contributed by atoms with Crippen molar-refractivity contribution in [3.63, 3.8) is 0 Å². The predicted molar refractivity (Wildman–Crippen MR) is 104 cm³/mol. The predicted octanol–water partition coefficient (Wildman–Crippen LogP) is 5.07. The van der Waals surface area contributed by atoms with Crippen LogP contribution in [0.5, 0.6) is 5.75 Å². The molecule has 0 aromatic heterocycles. The van der Waals surface area contributed by atoms with E-state index in [1.165, 1.54) is 24.3 Å². The lowest BCUT2D eigenvalue weighted by atomic mass is 10.1. The van der Waals surface area contributed by atoms with Crippen molar-refractivity contribution in [2.24, 2.45) is 0 Å². The van der Waals surface area contributed by atoms with Crippen LogP contribution in [-0.2, 0) is 6.61 Å². The van der Waals surface area contributed by atoms with Crippen LogP contribution in [0.2, 0.25) is 0 Å². The standard InChI is InChI=1S/C22H17NO4/c24-22(20-8-4-5-9-21(20)23(25)26)15-12-17-10-13-19(14-11-17)27-16-18-6-2-1-3-7-18/h1-15H,16H2/b15-12-. The number of ether oxygens (including phenoxy) is 1. The summed E-state index contributed by atoms with van der Waals surface area (Å²) in [6.07, 6.45) is 2.96. The number of nitro groups is 1. The third kappa shape index (κ3) is 4.89. The van der Waals surface area contributed by atoms with Gasteiger partial charge in [0.05, 0.1) is 10.5 Å². The Hall–Kier alpha value is -3.73. The van der Waals surface area contributed by atoms with Crippen molar-refractivity contribution in [3.8, 4) is 5.75 Å². The third-order valence-electron chi connectivity index (χ3n) is 3.92. The lowest BCUT2D eigenvalue weighted by Crippen LogP contribution is -2.00. The lowest BCUT2D eigenvalue weighted by molar-refractivity contribution is -0.385. The first kappa shape index (κ1) is 18.1. The van der Waals surface area contributed by atoms with Crippen molar-refractivity contribution in [2.75, 3.05) is 0 Å². The molecule has 0 unspecified atom stereocenters. The molecule has 3 rings (SSSR count). The molecule has 134 valence electrons. The molecule has 3 aromatic carbocycles. The van der Waals surface area contributed by atoms with Crippen LogP contribution in [0, 0.1) is 10.1 Å². The number of benzene rings is 3. The first-order chi connectivity index (χ1) is 13.1. The summed E-state index contributed by atoms with van der Waals surface area (Å²) in [4.78, 5) is 22.7. The second-order valence-electron chi connectivity index (χ2n) is 5.82. The van der Waals surface area contributed by atoms with Gasteiger partial charge in [0.1, 0.15) is 12.4 Å². The van der Waals surface area contributed by atoms with E-state index in [9.17, 15) is 14.9 Å². The number of ketones is 1. The minimum absolute atomic E-state index is 0.0709. The van der Waals surface area contributed by atoms with Crippen LogP contribution in [-0.4, -0.2) is 10.7 Å². The van der Waals surface area contributed by atoms with Crippen LogP contribution in [0.4, 0.5) is 5.69 Å². The van der Waals surface area contributed by atoms with Crippen molar-refractivity contribution in [2.45, 2.75) is 6.61 Å². The molecule has 3 aromatic rings. The molecule has 5 heteroatoms. The first-order valence-electron chi connectivity index (χ1n) is 8.36. The van der Waals surface area contributed by atoms with Gasteiger partial charge in [0, 0.05) is 6.07 Å². The highest BCUT2D eigenvalue weighted by molar-refractivity contribution is 6.09. The fourth-order valence-electron chi connectivity index (χ4n) is 2.52. The molecule has 0 aliphatic heterocycles. The van der Waals surface area contributed by atoms with Crippen LogP contribution < -0.4 is 4.74 Å². The number of nitro benzene ring substituents is 1. The van der Waals surface area contributed by atoms with E-state index in [0.717, 1.165) is 16.9 Å². The van der Waals surface area contributed by atoms with Crippen LogP contribution in [0.1, 0.15) is 21.5 Å². The summed E-state index contributed by atoms with van der Waals surface area (Å²) in [6, 6.07) is 23.0. The minimum atomic E-state index is -0.556. The molecule has 0 aliphatic rings. The SMILES string of the molecule is O=C(/C=C\c1ccc(OCc2ccccc2)cc1)c1ccccc1[N+](=O)[O-]. The van der Waals surface area contributed by atoms with Gasteiger partial charge in [-0.05, 0) is 35.4 Å². The third-order valence-corrected chi connectivity index (χ3v) is 3.92. The molecule has 0 bridgehead atoms. The Labute approximate surface area is 156 Å². The van der Waals surface area contributed by atoms with Gasteiger partial charge in [-0.15, -0.1) is 0 Å². The molecule has 0 fully saturated rings. The van der Waals surface area contributed by atoms with Gasteiger partial charge in [-0.1, -0.05) is 60.7 Å². The van der Waals surface area contributed by atoms with Gasteiger partial charge in [0.15, 0.2) is 5.78 Å². The monoisotopic (exact) mass is 359 g/mol. The second kappa shape index (κ2) is 8.58. The van der Waals surface area contributed by atoms with E-state index in [4.69, 9.17) is 4.74 Å². The van der Waals surface area contributed by atoms with Gasteiger partial charge in [-0.2, -0.15) is 0 Å². The van der Waals surface area contributed by atoms with E-state index >= 15 is 0 Å². The molecule has 0 radical (unpaired) electrons. The zero-order valence-electron chi connectivity index (χ0n) is 14.4. The van der Waals surface area contributed by atoms with Crippen molar-refractivity contribution >= 4 is 17.5 Å². The Bertz CT molecular complexity index is 963. The number of allylic oxidation sites excluding steroid dienone is 1. The van der Waals surface area contributed by atoms with E-state index in [1.807, 2.05) is 54.6 Å². The summed E-state index contributed by atoms with van der Waals surface area (Å²) >= 11 is 0. The van der Waals surface area contributed by atoms with E-state index in [0.29, 0.717) is 6.61 Å². The summed E-state index contributed by atoms with van der Waals surface area (Å²) < 4.78 is 5.72. The van der Waals surface area contributed by atoms with Crippen LogP contribution >= 0.6 is 0 Å². The summed E-state index contributed by atoms with van der Waals surface area (Å²) in [6.45, 7) is 0.478. The summed E-state index contributed by atoms with van der Waals surface area (Å²) in [5, 5.41) is 11.0. The lowest BCUT2D eigenvalue weighted by Gasteiger charge is -2.06. The Morgan fingerprint density at radius 3 is 2.30 bits per heavy atom. The summed E-state index contributed by atoms with van der Waals surface area (Å²) in [7, 11) is 0. The number of carbonyl (C=O) groups is 1. The van der Waals surface area contributed by atoms with Crippen LogP contribution in [0.3, 0.4) is 0 Å². The molecule has 5 nitrogen and oxygen atoms in total. The number of carbonyl (C=O) groups excluding carboxylic acids is 1. The molecular formula is C22H17NO4.